The molecule has 29 heavy (non-hydrogen) atoms. The highest BCUT2D eigenvalue weighted by molar-refractivity contribution is 6.00. The van der Waals surface area contributed by atoms with Gasteiger partial charge in [0.1, 0.15) is 12.6 Å². The molecule has 1 N–H and O–H groups in total. The third kappa shape index (κ3) is 4.12. The molecule has 3 amide bonds. The highest BCUT2D eigenvalue weighted by atomic mass is 16.7. The first-order valence-corrected chi connectivity index (χ1v) is 9.61. The second-order valence-electron chi connectivity index (χ2n) is 7.14. The predicted molar refractivity (Wildman–Crippen MR) is 104 cm³/mol. The minimum atomic E-state index is -0.589. The van der Waals surface area contributed by atoms with Gasteiger partial charge in [0.2, 0.25) is 5.91 Å². The average Bonchev–Trinajstić information content (AvgIpc) is 3.01. The fraction of sp³-hybridized carbons (Fsp3) is 0.333. The van der Waals surface area contributed by atoms with Crippen molar-refractivity contribution < 1.29 is 19.2 Å². The smallest absolute Gasteiger partial charge is 0.345 e. The van der Waals surface area contributed by atoms with E-state index >= 15 is 0 Å². The summed E-state index contributed by atoms with van der Waals surface area (Å²) >= 11 is 0. The van der Waals surface area contributed by atoms with Gasteiger partial charge in [-0.25, -0.2) is 4.79 Å². The molecule has 2 bridgehead atoms. The second kappa shape index (κ2) is 8.40. The number of hydrogen-bond acceptors (Lipinski definition) is 5. The van der Waals surface area contributed by atoms with E-state index in [0.29, 0.717) is 31.6 Å². The topological polar surface area (TPSA) is 91.8 Å². The van der Waals surface area contributed by atoms with E-state index in [9.17, 15) is 14.4 Å². The molecule has 4 rings (SSSR count). The molecule has 3 heterocycles. The van der Waals surface area contributed by atoms with Crippen LogP contribution in [0.2, 0.25) is 0 Å². The quantitative estimate of drug-likeness (QED) is 0.723. The number of rotatable bonds is 7. The number of Topliss-reactive ketones (excluding diaryl/α,β-unsaturated/α-hetero) is 1. The van der Waals surface area contributed by atoms with Crippen LogP contribution in [0.4, 0.5) is 4.79 Å². The first-order valence-electron chi connectivity index (χ1n) is 9.61. The minimum Gasteiger partial charge on any atom is -0.347 e. The number of urea groups is 1. The third-order valence-corrected chi connectivity index (χ3v) is 5.26. The lowest BCUT2D eigenvalue weighted by molar-refractivity contribution is -0.140. The van der Waals surface area contributed by atoms with Crippen molar-refractivity contribution in [1.29, 1.82) is 0 Å². The largest absolute Gasteiger partial charge is 0.347 e. The van der Waals surface area contributed by atoms with Gasteiger partial charge >= 0.3 is 6.03 Å². The van der Waals surface area contributed by atoms with Crippen LogP contribution in [-0.2, 0) is 16.2 Å². The SMILES string of the molecule is O=C(CNC(=O)[C@@H]1CC[C@@H]2CN1C(=O)N2OCc1ccccc1)c1ccncc1. The Kier molecular flexibility index (Phi) is 5.53. The van der Waals surface area contributed by atoms with Crippen LogP contribution >= 0.6 is 0 Å². The summed E-state index contributed by atoms with van der Waals surface area (Å²) in [5.74, 6) is -0.515. The Labute approximate surface area is 168 Å². The van der Waals surface area contributed by atoms with Gasteiger partial charge in [-0.3, -0.25) is 19.4 Å². The average molecular weight is 394 g/mol. The molecule has 2 saturated heterocycles. The summed E-state index contributed by atoms with van der Waals surface area (Å²) in [5.41, 5.74) is 1.46. The number of hydrogen-bond donors (Lipinski definition) is 1. The Bertz CT molecular complexity index is 890. The number of piperidine rings is 1. The Hall–Kier alpha value is -3.26. The number of aromatic nitrogens is 1. The van der Waals surface area contributed by atoms with Crippen molar-refractivity contribution in [2.24, 2.45) is 0 Å². The van der Waals surface area contributed by atoms with Crippen LogP contribution in [0.3, 0.4) is 0 Å². The monoisotopic (exact) mass is 394 g/mol. The van der Waals surface area contributed by atoms with Crippen molar-refractivity contribution in [2.45, 2.75) is 31.5 Å². The summed E-state index contributed by atoms with van der Waals surface area (Å²) in [6, 6.07) is 11.9. The Morgan fingerprint density at radius 3 is 2.62 bits per heavy atom. The molecule has 2 atom stereocenters. The van der Waals surface area contributed by atoms with Gasteiger partial charge in [-0.1, -0.05) is 30.3 Å². The number of hydroxylamine groups is 2. The molecule has 2 aliphatic heterocycles. The predicted octanol–water partition coefficient (Wildman–Crippen LogP) is 1.78. The molecule has 1 aromatic carbocycles. The van der Waals surface area contributed by atoms with Gasteiger partial charge in [0.05, 0.1) is 12.6 Å². The Balaban J connectivity index is 1.33. The summed E-state index contributed by atoms with van der Waals surface area (Å²) < 4.78 is 0. The highest BCUT2D eigenvalue weighted by Crippen LogP contribution is 2.30. The van der Waals surface area contributed by atoms with Gasteiger partial charge in [-0.15, -0.1) is 0 Å². The molecule has 2 fully saturated rings. The van der Waals surface area contributed by atoms with Crippen LogP contribution < -0.4 is 5.32 Å². The fourth-order valence-electron chi connectivity index (χ4n) is 3.71. The molecule has 2 aromatic rings. The lowest BCUT2D eigenvalue weighted by Crippen LogP contribution is -2.50. The Morgan fingerprint density at radius 2 is 1.86 bits per heavy atom. The summed E-state index contributed by atoms with van der Waals surface area (Å²) in [6.07, 6.45) is 4.27. The van der Waals surface area contributed by atoms with E-state index in [0.717, 1.165) is 5.56 Å². The van der Waals surface area contributed by atoms with Crippen LogP contribution in [-0.4, -0.2) is 57.8 Å². The number of nitrogens with one attached hydrogen (secondary N) is 1. The van der Waals surface area contributed by atoms with E-state index < -0.39 is 6.04 Å². The number of pyridine rings is 1. The maximum Gasteiger partial charge on any atom is 0.345 e. The summed E-state index contributed by atoms with van der Waals surface area (Å²) in [7, 11) is 0. The normalized spacial score (nSPS) is 20.6. The minimum absolute atomic E-state index is 0.0614. The molecule has 1 aromatic heterocycles. The molecule has 0 spiro atoms. The van der Waals surface area contributed by atoms with E-state index in [1.807, 2.05) is 30.3 Å². The van der Waals surface area contributed by atoms with E-state index in [1.165, 1.54) is 22.4 Å². The zero-order valence-electron chi connectivity index (χ0n) is 15.9. The van der Waals surface area contributed by atoms with Gasteiger partial charge in [-0.05, 0) is 30.5 Å². The van der Waals surface area contributed by atoms with Gasteiger partial charge in [-0.2, -0.15) is 5.06 Å². The molecule has 2 aliphatic rings. The van der Waals surface area contributed by atoms with E-state index in [4.69, 9.17) is 4.84 Å². The number of carbonyl (C=O) groups excluding carboxylic acids is 3. The zero-order chi connectivity index (χ0) is 20.2. The number of amides is 3. The van der Waals surface area contributed by atoms with Crippen LogP contribution in [0.5, 0.6) is 0 Å². The maximum atomic E-state index is 12.8. The molecule has 150 valence electrons. The maximum absolute atomic E-state index is 12.8. The van der Waals surface area contributed by atoms with Gasteiger partial charge in [0.15, 0.2) is 5.78 Å². The molecule has 0 radical (unpaired) electrons. The molecule has 8 nitrogen and oxygen atoms in total. The van der Waals surface area contributed by atoms with E-state index in [2.05, 4.69) is 10.3 Å². The van der Waals surface area contributed by atoms with E-state index in [1.54, 1.807) is 12.1 Å². The third-order valence-electron chi connectivity index (χ3n) is 5.26. The summed E-state index contributed by atoms with van der Waals surface area (Å²) in [5, 5.41) is 4.06. The van der Waals surface area contributed by atoms with E-state index in [-0.39, 0.29) is 30.3 Å². The highest BCUT2D eigenvalue weighted by Gasteiger charge is 2.47. The number of carbonyl (C=O) groups is 3. The number of fused-ring (bicyclic) bond motifs is 2. The van der Waals surface area contributed by atoms with Gasteiger partial charge in [0.25, 0.3) is 0 Å². The molecule has 0 saturated carbocycles. The first-order chi connectivity index (χ1) is 14.1. The first kappa shape index (κ1) is 19.1. The van der Waals surface area contributed by atoms with Crippen molar-refractivity contribution in [3.05, 3.63) is 66.0 Å². The van der Waals surface area contributed by atoms with Crippen LogP contribution in [0.15, 0.2) is 54.9 Å². The van der Waals surface area contributed by atoms with Crippen LogP contribution in [0, 0.1) is 0 Å². The lowest BCUT2D eigenvalue weighted by Gasteiger charge is -2.29. The molecule has 8 heteroatoms. The standard InChI is InChI=1S/C21H22N4O4/c26-19(16-8-10-22-11-9-16)12-23-20(27)18-7-6-17-13-24(18)21(28)25(17)29-14-15-4-2-1-3-5-15/h1-5,8-11,17-18H,6-7,12-14H2,(H,23,27)/t17-,18+/m1/s1. The fourth-order valence-corrected chi connectivity index (χ4v) is 3.71. The molecular formula is C21H22N4O4. The van der Waals surface area contributed by atoms with Crippen LogP contribution in [0.1, 0.15) is 28.8 Å². The van der Waals surface area contributed by atoms with Crippen molar-refractivity contribution in [3.8, 4) is 0 Å². The Morgan fingerprint density at radius 1 is 1.10 bits per heavy atom. The lowest BCUT2D eigenvalue weighted by atomic mass is 10.00. The molecule has 0 unspecified atom stereocenters. The van der Waals surface area contributed by atoms with Crippen LogP contribution in [0.25, 0.3) is 0 Å². The molecular weight excluding hydrogens is 372 g/mol. The van der Waals surface area contributed by atoms with Crippen molar-refractivity contribution in [2.75, 3.05) is 13.1 Å². The number of benzene rings is 1. The number of ketones is 1. The van der Waals surface area contributed by atoms with Crippen molar-refractivity contribution in [1.82, 2.24) is 20.3 Å². The van der Waals surface area contributed by atoms with Crippen molar-refractivity contribution >= 4 is 17.7 Å². The second-order valence-corrected chi connectivity index (χ2v) is 7.14. The molecule has 0 aliphatic carbocycles. The van der Waals surface area contributed by atoms with Gasteiger partial charge < -0.3 is 10.2 Å². The van der Waals surface area contributed by atoms with Crippen molar-refractivity contribution in [3.63, 3.8) is 0 Å². The number of nitrogens with zero attached hydrogens (tertiary/aromatic N) is 3. The summed E-state index contributed by atoms with van der Waals surface area (Å²) in [4.78, 5) is 48.7. The zero-order valence-corrected chi connectivity index (χ0v) is 15.9. The summed E-state index contributed by atoms with van der Waals surface area (Å²) in [6.45, 7) is 0.636. The van der Waals surface area contributed by atoms with Gasteiger partial charge in [0, 0.05) is 24.5 Å².